The van der Waals surface area contributed by atoms with Gasteiger partial charge in [-0.15, -0.1) is 0 Å². The molecule has 17 heavy (non-hydrogen) atoms. The highest BCUT2D eigenvalue weighted by Gasteiger charge is 2.21. The zero-order valence-corrected chi connectivity index (χ0v) is 10.1. The first-order valence-corrected chi connectivity index (χ1v) is 5.78. The number of hydrazone groups is 1. The summed E-state index contributed by atoms with van der Waals surface area (Å²) in [6, 6.07) is 5.97. The van der Waals surface area contributed by atoms with Gasteiger partial charge in [0.15, 0.2) is 0 Å². The van der Waals surface area contributed by atoms with E-state index >= 15 is 0 Å². The highest BCUT2D eigenvalue weighted by molar-refractivity contribution is 6.07. The molecule has 0 heterocycles. The van der Waals surface area contributed by atoms with E-state index in [4.69, 9.17) is 4.74 Å². The third kappa shape index (κ3) is 2.30. The minimum absolute atomic E-state index is 0.0687. The number of carbonyl (C=O) groups is 1. The molecule has 0 spiro atoms. The monoisotopic (exact) mass is 232 g/mol. The number of hydrogen-bond donors (Lipinski definition) is 1. The maximum Gasteiger partial charge on any atom is 0.239 e. The molecule has 0 saturated carbocycles. The van der Waals surface area contributed by atoms with Gasteiger partial charge in [-0.3, -0.25) is 4.79 Å². The Balaban J connectivity index is 2.29. The van der Waals surface area contributed by atoms with E-state index in [1.807, 2.05) is 12.1 Å². The molecular formula is C13H16N2O2. The molecule has 0 bridgehead atoms. The second-order valence-corrected chi connectivity index (χ2v) is 3.94. The largest absolute Gasteiger partial charge is 0.496 e. The van der Waals surface area contributed by atoms with Crippen molar-refractivity contribution in [3.05, 3.63) is 29.3 Å². The molecule has 4 nitrogen and oxygen atoms in total. The Morgan fingerprint density at radius 1 is 1.47 bits per heavy atom. The summed E-state index contributed by atoms with van der Waals surface area (Å²) >= 11 is 0. The van der Waals surface area contributed by atoms with Crippen LogP contribution in [0.1, 0.15) is 30.9 Å². The van der Waals surface area contributed by atoms with Gasteiger partial charge < -0.3 is 4.74 Å². The van der Waals surface area contributed by atoms with E-state index in [2.05, 4.69) is 16.6 Å². The first-order chi connectivity index (χ1) is 8.26. The van der Waals surface area contributed by atoms with Crippen LogP contribution in [0.25, 0.3) is 0 Å². The molecule has 1 aliphatic carbocycles. The van der Waals surface area contributed by atoms with Crippen molar-refractivity contribution < 1.29 is 9.53 Å². The number of benzene rings is 1. The molecule has 1 aromatic rings. The molecular weight excluding hydrogens is 216 g/mol. The second-order valence-electron chi connectivity index (χ2n) is 3.94. The summed E-state index contributed by atoms with van der Waals surface area (Å²) in [5.41, 5.74) is 5.73. The van der Waals surface area contributed by atoms with E-state index in [1.54, 1.807) is 14.0 Å². The summed E-state index contributed by atoms with van der Waals surface area (Å²) in [4.78, 5) is 11.2. The van der Waals surface area contributed by atoms with Crippen molar-refractivity contribution in [1.82, 2.24) is 5.43 Å². The standard InChI is InChI=1S/C13H16N2O2/c1-3-12(16)15-14-10-8-7-9-5-4-6-11(17-2)13(9)10/h4-6H,3,7-8H2,1-2H3,(H,15,16)/b14-10-. The second kappa shape index (κ2) is 4.99. The van der Waals surface area contributed by atoms with E-state index in [0.717, 1.165) is 29.9 Å². The van der Waals surface area contributed by atoms with Crippen molar-refractivity contribution in [2.24, 2.45) is 5.10 Å². The quantitative estimate of drug-likeness (QED) is 0.809. The molecule has 0 atom stereocenters. The van der Waals surface area contributed by atoms with Gasteiger partial charge in [-0.25, -0.2) is 5.43 Å². The summed E-state index contributed by atoms with van der Waals surface area (Å²) in [6.45, 7) is 1.80. The summed E-state index contributed by atoms with van der Waals surface area (Å²) in [5, 5.41) is 4.18. The number of carbonyl (C=O) groups excluding carboxylic acids is 1. The van der Waals surface area contributed by atoms with Crippen LogP contribution in [0.2, 0.25) is 0 Å². The number of hydrogen-bond acceptors (Lipinski definition) is 3. The molecule has 0 aromatic heterocycles. The SMILES string of the molecule is CCC(=O)N/N=C1/CCc2cccc(OC)c21. The number of nitrogens with one attached hydrogen (secondary N) is 1. The minimum atomic E-state index is -0.0687. The van der Waals surface area contributed by atoms with Crippen LogP contribution in [0.4, 0.5) is 0 Å². The third-order valence-electron chi connectivity index (χ3n) is 2.89. The number of methoxy groups -OCH3 is 1. The first kappa shape index (κ1) is 11.6. The Labute approximate surface area is 101 Å². The fourth-order valence-corrected chi connectivity index (χ4v) is 1.98. The van der Waals surface area contributed by atoms with Crippen molar-refractivity contribution in [3.8, 4) is 5.75 Å². The molecule has 0 unspecified atom stereocenters. The fraction of sp³-hybridized carbons (Fsp3) is 0.385. The Morgan fingerprint density at radius 2 is 2.29 bits per heavy atom. The van der Waals surface area contributed by atoms with Crippen molar-refractivity contribution in [1.29, 1.82) is 0 Å². The van der Waals surface area contributed by atoms with Crippen LogP contribution in [0, 0.1) is 0 Å². The number of amides is 1. The highest BCUT2D eigenvalue weighted by Crippen LogP contribution is 2.30. The average molecular weight is 232 g/mol. The van der Waals surface area contributed by atoms with Crippen LogP contribution < -0.4 is 10.2 Å². The van der Waals surface area contributed by atoms with Gasteiger partial charge in [0.25, 0.3) is 0 Å². The molecule has 0 aliphatic heterocycles. The van der Waals surface area contributed by atoms with Crippen LogP contribution >= 0.6 is 0 Å². The average Bonchev–Trinajstić information content (AvgIpc) is 2.79. The predicted molar refractivity (Wildman–Crippen MR) is 66.3 cm³/mol. The van der Waals surface area contributed by atoms with Gasteiger partial charge in [-0.1, -0.05) is 19.1 Å². The Kier molecular flexibility index (Phi) is 3.42. The van der Waals surface area contributed by atoms with Crippen molar-refractivity contribution in [2.75, 3.05) is 7.11 Å². The lowest BCUT2D eigenvalue weighted by atomic mass is 10.1. The lowest BCUT2D eigenvalue weighted by Crippen LogP contribution is -2.18. The molecule has 90 valence electrons. The van der Waals surface area contributed by atoms with Gasteiger partial charge in [-0.2, -0.15) is 5.10 Å². The number of aryl methyl sites for hydroxylation is 1. The van der Waals surface area contributed by atoms with Gasteiger partial charge >= 0.3 is 0 Å². The van der Waals surface area contributed by atoms with Gasteiger partial charge in [0, 0.05) is 12.0 Å². The predicted octanol–water partition coefficient (Wildman–Crippen LogP) is 1.87. The fourth-order valence-electron chi connectivity index (χ4n) is 1.98. The Bertz CT molecular complexity index is 466. The van der Waals surface area contributed by atoms with Gasteiger partial charge in [0.05, 0.1) is 12.8 Å². The van der Waals surface area contributed by atoms with Crippen LogP contribution in [0.3, 0.4) is 0 Å². The molecule has 0 fully saturated rings. The summed E-state index contributed by atoms with van der Waals surface area (Å²) in [5.74, 6) is 0.755. The van der Waals surface area contributed by atoms with Crippen LogP contribution in [0.5, 0.6) is 5.75 Å². The normalized spacial score (nSPS) is 15.8. The van der Waals surface area contributed by atoms with Crippen LogP contribution in [-0.2, 0) is 11.2 Å². The number of fused-ring (bicyclic) bond motifs is 1. The maximum atomic E-state index is 11.2. The Morgan fingerprint density at radius 3 is 3.00 bits per heavy atom. The number of nitrogens with zero attached hydrogens (tertiary/aromatic N) is 1. The smallest absolute Gasteiger partial charge is 0.239 e. The lowest BCUT2D eigenvalue weighted by Gasteiger charge is -2.07. The molecule has 2 rings (SSSR count). The molecule has 4 heteroatoms. The Hall–Kier alpha value is -1.84. The molecule has 1 amide bonds. The highest BCUT2D eigenvalue weighted by atomic mass is 16.5. The minimum Gasteiger partial charge on any atom is -0.496 e. The summed E-state index contributed by atoms with van der Waals surface area (Å²) < 4.78 is 5.33. The number of rotatable bonds is 3. The van der Waals surface area contributed by atoms with E-state index in [0.29, 0.717) is 6.42 Å². The summed E-state index contributed by atoms with van der Waals surface area (Å²) in [6.07, 6.45) is 2.24. The maximum absolute atomic E-state index is 11.2. The molecule has 0 saturated heterocycles. The first-order valence-electron chi connectivity index (χ1n) is 5.78. The lowest BCUT2D eigenvalue weighted by molar-refractivity contribution is -0.120. The van der Waals surface area contributed by atoms with Crippen molar-refractivity contribution in [2.45, 2.75) is 26.2 Å². The van der Waals surface area contributed by atoms with Crippen LogP contribution in [-0.4, -0.2) is 18.7 Å². The zero-order valence-electron chi connectivity index (χ0n) is 10.1. The van der Waals surface area contributed by atoms with Crippen molar-refractivity contribution in [3.63, 3.8) is 0 Å². The van der Waals surface area contributed by atoms with E-state index in [9.17, 15) is 4.79 Å². The zero-order chi connectivity index (χ0) is 12.3. The van der Waals surface area contributed by atoms with Gasteiger partial charge in [0.1, 0.15) is 5.75 Å². The van der Waals surface area contributed by atoms with Gasteiger partial charge in [-0.05, 0) is 24.5 Å². The van der Waals surface area contributed by atoms with Crippen molar-refractivity contribution >= 4 is 11.6 Å². The summed E-state index contributed by atoms with van der Waals surface area (Å²) in [7, 11) is 1.65. The van der Waals surface area contributed by atoms with Crippen LogP contribution in [0.15, 0.2) is 23.3 Å². The van der Waals surface area contributed by atoms with E-state index in [-0.39, 0.29) is 5.91 Å². The molecule has 1 aliphatic rings. The van der Waals surface area contributed by atoms with Gasteiger partial charge in [0.2, 0.25) is 5.91 Å². The van der Waals surface area contributed by atoms with E-state index < -0.39 is 0 Å². The molecule has 1 N–H and O–H groups in total. The van der Waals surface area contributed by atoms with E-state index in [1.165, 1.54) is 5.56 Å². The third-order valence-corrected chi connectivity index (χ3v) is 2.89. The number of ether oxygens (including phenoxy) is 1. The molecule has 1 aromatic carbocycles. The topological polar surface area (TPSA) is 50.7 Å². The molecule has 0 radical (unpaired) electrons.